The lowest BCUT2D eigenvalue weighted by molar-refractivity contribution is 0.377. The molecular weight excluding hydrogens is 226 g/mol. The minimum Gasteiger partial charge on any atom is -0.339 e. The van der Waals surface area contributed by atoms with Crippen LogP contribution < -0.4 is 5.73 Å². The molecule has 2 N–H and O–H groups in total. The van der Waals surface area contributed by atoms with E-state index in [1.54, 1.807) is 0 Å². The van der Waals surface area contributed by atoms with E-state index in [9.17, 15) is 0 Å². The molecule has 0 saturated heterocycles. The third-order valence-corrected chi connectivity index (χ3v) is 2.41. The predicted molar refractivity (Wildman–Crippen MR) is 61.2 cm³/mol. The highest BCUT2D eigenvalue weighted by atomic mass is 35.5. The smallest absolute Gasteiger partial charge is 0.231 e. The average Bonchev–Trinajstić information content (AvgIpc) is 2.70. The van der Waals surface area contributed by atoms with Gasteiger partial charge in [0.2, 0.25) is 5.89 Å². The van der Waals surface area contributed by atoms with Gasteiger partial charge >= 0.3 is 0 Å². The SMILES string of the molecule is CC(N)c1noc(Cc2ccc(Cl)cc2)n1. The molecule has 0 saturated carbocycles. The summed E-state index contributed by atoms with van der Waals surface area (Å²) in [5.41, 5.74) is 6.71. The lowest BCUT2D eigenvalue weighted by Crippen LogP contribution is -2.06. The molecule has 1 atom stereocenters. The van der Waals surface area contributed by atoms with Crippen LogP contribution in [0.15, 0.2) is 28.8 Å². The Morgan fingerprint density at radius 2 is 2.06 bits per heavy atom. The Kier molecular flexibility index (Phi) is 3.22. The number of halogens is 1. The van der Waals surface area contributed by atoms with E-state index in [2.05, 4.69) is 10.1 Å². The van der Waals surface area contributed by atoms with Crippen LogP contribution >= 0.6 is 11.6 Å². The van der Waals surface area contributed by atoms with Crippen molar-refractivity contribution in [1.82, 2.24) is 10.1 Å². The van der Waals surface area contributed by atoms with Crippen molar-refractivity contribution in [3.8, 4) is 0 Å². The Hall–Kier alpha value is -1.39. The molecule has 0 amide bonds. The first kappa shape index (κ1) is 11.1. The quantitative estimate of drug-likeness (QED) is 0.890. The number of benzene rings is 1. The summed E-state index contributed by atoms with van der Waals surface area (Å²) in [5.74, 6) is 1.10. The van der Waals surface area contributed by atoms with E-state index < -0.39 is 0 Å². The van der Waals surface area contributed by atoms with Gasteiger partial charge in [0.15, 0.2) is 5.82 Å². The highest BCUT2D eigenvalue weighted by Crippen LogP contribution is 2.13. The highest BCUT2D eigenvalue weighted by Gasteiger charge is 2.10. The number of rotatable bonds is 3. The summed E-state index contributed by atoms with van der Waals surface area (Å²) in [7, 11) is 0. The lowest BCUT2D eigenvalue weighted by Gasteiger charge is -1.96. The van der Waals surface area contributed by atoms with E-state index in [1.807, 2.05) is 31.2 Å². The maximum Gasteiger partial charge on any atom is 0.231 e. The van der Waals surface area contributed by atoms with Gasteiger partial charge in [-0.05, 0) is 24.6 Å². The lowest BCUT2D eigenvalue weighted by atomic mass is 10.1. The third-order valence-electron chi connectivity index (χ3n) is 2.16. The van der Waals surface area contributed by atoms with Crippen LogP contribution in [0.3, 0.4) is 0 Å². The van der Waals surface area contributed by atoms with Crippen LogP contribution in [0.2, 0.25) is 5.02 Å². The molecule has 2 rings (SSSR count). The van der Waals surface area contributed by atoms with E-state index in [4.69, 9.17) is 21.9 Å². The zero-order chi connectivity index (χ0) is 11.5. The monoisotopic (exact) mass is 237 g/mol. The van der Waals surface area contributed by atoms with E-state index >= 15 is 0 Å². The van der Waals surface area contributed by atoms with E-state index in [0.717, 1.165) is 5.56 Å². The molecule has 1 unspecified atom stereocenters. The Bertz CT molecular complexity index is 464. The van der Waals surface area contributed by atoms with Crippen LogP contribution in [0.25, 0.3) is 0 Å². The van der Waals surface area contributed by atoms with Gasteiger partial charge in [0.1, 0.15) is 0 Å². The van der Waals surface area contributed by atoms with Crippen LogP contribution in [0.5, 0.6) is 0 Å². The van der Waals surface area contributed by atoms with Crippen molar-refractivity contribution in [1.29, 1.82) is 0 Å². The highest BCUT2D eigenvalue weighted by molar-refractivity contribution is 6.30. The summed E-state index contributed by atoms with van der Waals surface area (Å²) < 4.78 is 5.09. The van der Waals surface area contributed by atoms with Crippen molar-refractivity contribution in [2.75, 3.05) is 0 Å². The summed E-state index contributed by atoms with van der Waals surface area (Å²) >= 11 is 5.79. The number of hydrogen-bond acceptors (Lipinski definition) is 4. The van der Waals surface area contributed by atoms with Crippen LogP contribution in [-0.4, -0.2) is 10.1 Å². The molecule has 0 aliphatic carbocycles. The van der Waals surface area contributed by atoms with Gasteiger partial charge in [-0.15, -0.1) is 0 Å². The molecule has 84 valence electrons. The zero-order valence-electron chi connectivity index (χ0n) is 8.85. The number of nitrogens with two attached hydrogens (primary N) is 1. The molecule has 0 radical (unpaired) electrons. The largest absolute Gasteiger partial charge is 0.339 e. The molecule has 0 fully saturated rings. The van der Waals surface area contributed by atoms with Crippen LogP contribution in [0.1, 0.15) is 30.2 Å². The third kappa shape index (κ3) is 2.59. The van der Waals surface area contributed by atoms with Crippen molar-refractivity contribution in [2.45, 2.75) is 19.4 Å². The van der Waals surface area contributed by atoms with Crippen LogP contribution in [-0.2, 0) is 6.42 Å². The van der Waals surface area contributed by atoms with Gasteiger partial charge in [-0.1, -0.05) is 28.9 Å². The van der Waals surface area contributed by atoms with E-state index in [-0.39, 0.29) is 6.04 Å². The summed E-state index contributed by atoms with van der Waals surface area (Å²) in [6.07, 6.45) is 0.594. The second kappa shape index (κ2) is 4.63. The minimum absolute atomic E-state index is 0.206. The first-order valence-electron chi connectivity index (χ1n) is 4.97. The minimum atomic E-state index is -0.206. The molecule has 2 aromatic rings. The van der Waals surface area contributed by atoms with E-state index in [0.29, 0.717) is 23.2 Å². The van der Waals surface area contributed by atoms with Crippen molar-refractivity contribution < 1.29 is 4.52 Å². The Balaban J connectivity index is 2.11. The number of hydrogen-bond donors (Lipinski definition) is 1. The Morgan fingerprint density at radius 1 is 1.38 bits per heavy atom. The summed E-state index contributed by atoms with van der Waals surface area (Å²) in [6, 6.07) is 7.32. The normalized spacial score (nSPS) is 12.7. The van der Waals surface area contributed by atoms with E-state index in [1.165, 1.54) is 0 Å². The summed E-state index contributed by atoms with van der Waals surface area (Å²) in [5, 5.41) is 4.51. The number of aromatic nitrogens is 2. The molecule has 1 aromatic carbocycles. The second-order valence-electron chi connectivity index (χ2n) is 3.64. The fourth-order valence-corrected chi connectivity index (χ4v) is 1.43. The number of nitrogens with zero attached hydrogens (tertiary/aromatic N) is 2. The average molecular weight is 238 g/mol. The van der Waals surface area contributed by atoms with Gasteiger partial charge in [-0.25, -0.2) is 0 Å². The zero-order valence-corrected chi connectivity index (χ0v) is 9.61. The van der Waals surface area contributed by atoms with Gasteiger partial charge in [-0.2, -0.15) is 4.98 Å². The molecule has 5 heteroatoms. The van der Waals surface area contributed by atoms with Crippen LogP contribution in [0.4, 0.5) is 0 Å². The van der Waals surface area contributed by atoms with Gasteiger partial charge in [0.25, 0.3) is 0 Å². The fraction of sp³-hybridized carbons (Fsp3) is 0.273. The summed E-state index contributed by atoms with van der Waals surface area (Å²) in [4.78, 5) is 4.19. The van der Waals surface area contributed by atoms with Crippen molar-refractivity contribution in [3.63, 3.8) is 0 Å². The molecule has 1 heterocycles. The van der Waals surface area contributed by atoms with Crippen LogP contribution in [0, 0.1) is 0 Å². The molecule has 0 spiro atoms. The summed E-state index contributed by atoms with van der Waals surface area (Å²) in [6.45, 7) is 1.82. The van der Waals surface area contributed by atoms with Gasteiger partial charge < -0.3 is 10.3 Å². The van der Waals surface area contributed by atoms with Crippen molar-refractivity contribution in [3.05, 3.63) is 46.6 Å². The maximum atomic E-state index is 5.79. The van der Waals surface area contributed by atoms with Gasteiger partial charge in [0.05, 0.1) is 12.5 Å². The first-order valence-corrected chi connectivity index (χ1v) is 5.35. The Morgan fingerprint density at radius 3 is 2.62 bits per heavy atom. The molecule has 4 nitrogen and oxygen atoms in total. The van der Waals surface area contributed by atoms with Crippen molar-refractivity contribution in [2.24, 2.45) is 5.73 Å². The van der Waals surface area contributed by atoms with Gasteiger partial charge in [-0.3, -0.25) is 0 Å². The fourth-order valence-electron chi connectivity index (χ4n) is 1.30. The molecular formula is C11H12ClN3O. The molecule has 0 bridgehead atoms. The molecule has 0 aliphatic heterocycles. The first-order chi connectivity index (χ1) is 7.65. The standard InChI is InChI=1S/C11H12ClN3O/c1-7(13)11-14-10(16-15-11)6-8-2-4-9(12)5-3-8/h2-5,7H,6,13H2,1H3. The Labute approximate surface area is 98.4 Å². The second-order valence-corrected chi connectivity index (χ2v) is 4.07. The topological polar surface area (TPSA) is 64.9 Å². The van der Waals surface area contributed by atoms with Gasteiger partial charge in [0, 0.05) is 5.02 Å². The maximum absolute atomic E-state index is 5.79. The molecule has 0 aliphatic rings. The predicted octanol–water partition coefficient (Wildman–Crippen LogP) is 2.33. The molecule has 16 heavy (non-hydrogen) atoms. The molecule has 1 aromatic heterocycles. The van der Waals surface area contributed by atoms with Crippen molar-refractivity contribution >= 4 is 11.6 Å².